The fourth-order valence-corrected chi connectivity index (χ4v) is 2.00. The summed E-state index contributed by atoms with van der Waals surface area (Å²) in [5.41, 5.74) is 0. The molecule has 0 heterocycles. The van der Waals surface area contributed by atoms with Crippen molar-refractivity contribution in [2.24, 2.45) is 11.8 Å². The summed E-state index contributed by atoms with van der Waals surface area (Å²) >= 11 is 0. The molecule has 1 unspecified atom stereocenters. The molecule has 0 radical (unpaired) electrons. The van der Waals surface area contributed by atoms with Crippen LogP contribution in [0.3, 0.4) is 0 Å². The molecule has 0 aliphatic carbocycles. The van der Waals surface area contributed by atoms with Crippen LogP contribution in [0.25, 0.3) is 0 Å². The zero-order valence-electron chi connectivity index (χ0n) is 14.7. The normalized spacial score (nSPS) is 13.7. The van der Waals surface area contributed by atoms with Gasteiger partial charge in [-0.1, -0.05) is 27.7 Å². The molecule has 0 saturated carbocycles. The maximum absolute atomic E-state index is 11.0. The number of carbonyl (C=O) groups excluding carboxylic acids is 2. The van der Waals surface area contributed by atoms with Crippen LogP contribution in [-0.4, -0.2) is 62.6 Å². The second kappa shape index (κ2) is 12.0. The van der Waals surface area contributed by atoms with E-state index >= 15 is 0 Å². The van der Waals surface area contributed by atoms with E-state index in [1.54, 1.807) is 0 Å². The van der Waals surface area contributed by atoms with Crippen molar-refractivity contribution in [1.29, 1.82) is 0 Å². The Labute approximate surface area is 125 Å². The smallest absolute Gasteiger partial charge is 0.136 e. The molecule has 0 saturated heterocycles. The third-order valence-electron chi connectivity index (χ3n) is 3.07. The van der Waals surface area contributed by atoms with Gasteiger partial charge in [-0.05, 0) is 28.2 Å². The molecule has 120 valence electrons. The molecule has 0 aromatic rings. The molecule has 0 N–H and O–H groups in total. The van der Waals surface area contributed by atoms with Gasteiger partial charge in [0.1, 0.15) is 11.6 Å². The Balaban J connectivity index is 0. The van der Waals surface area contributed by atoms with E-state index < -0.39 is 0 Å². The van der Waals surface area contributed by atoms with Gasteiger partial charge in [-0.3, -0.25) is 9.59 Å². The number of Topliss-reactive ketones (excluding diaryl/α,β-unsaturated/α-hetero) is 2. The highest BCUT2D eigenvalue weighted by molar-refractivity contribution is 5.80. The molecule has 0 fully saturated rings. The van der Waals surface area contributed by atoms with Gasteiger partial charge >= 0.3 is 0 Å². The van der Waals surface area contributed by atoms with Gasteiger partial charge in [0, 0.05) is 37.8 Å². The Kier molecular flexibility index (Phi) is 13.0. The molecule has 2 atom stereocenters. The first kappa shape index (κ1) is 21.6. The standard InChI is InChI=1S/2C8H17NO/c2*1-5-8(10)7(2)6-9(3)4/h2*7H,5-6H2,1-4H3/t7-;/m0./s1. The third kappa shape index (κ3) is 12.3. The maximum Gasteiger partial charge on any atom is 0.136 e. The van der Waals surface area contributed by atoms with Crippen molar-refractivity contribution in [3.05, 3.63) is 0 Å². The van der Waals surface area contributed by atoms with Crippen LogP contribution in [0.1, 0.15) is 40.5 Å². The number of hydrogen-bond donors (Lipinski definition) is 0. The first-order valence-electron chi connectivity index (χ1n) is 7.50. The summed E-state index contributed by atoms with van der Waals surface area (Å²) in [5, 5.41) is 0. The van der Waals surface area contributed by atoms with Crippen molar-refractivity contribution in [2.75, 3.05) is 41.3 Å². The molecule has 0 aliphatic rings. The monoisotopic (exact) mass is 286 g/mol. The van der Waals surface area contributed by atoms with Gasteiger partial charge in [-0.2, -0.15) is 0 Å². The Bertz CT molecular complexity index is 248. The Morgan fingerprint density at radius 1 is 0.750 bits per heavy atom. The number of rotatable bonds is 8. The SMILES string of the molecule is CCC(=O)C(C)CN(C)C.CCC(=O)[C@@H](C)CN(C)C. The quantitative estimate of drug-likeness (QED) is 0.686. The van der Waals surface area contributed by atoms with Crippen molar-refractivity contribution < 1.29 is 9.59 Å². The van der Waals surface area contributed by atoms with Gasteiger partial charge < -0.3 is 9.80 Å². The van der Waals surface area contributed by atoms with Crippen molar-refractivity contribution in [1.82, 2.24) is 9.80 Å². The molecule has 0 amide bonds. The van der Waals surface area contributed by atoms with Crippen LogP contribution in [0, 0.1) is 11.8 Å². The topological polar surface area (TPSA) is 40.6 Å². The lowest BCUT2D eigenvalue weighted by molar-refractivity contribution is -0.123. The van der Waals surface area contributed by atoms with E-state index in [9.17, 15) is 9.59 Å². The van der Waals surface area contributed by atoms with Gasteiger partial charge in [-0.15, -0.1) is 0 Å². The van der Waals surface area contributed by atoms with Crippen LogP contribution in [0.2, 0.25) is 0 Å². The van der Waals surface area contributed by atoms with Crippen molar-refractivity contribution in [3.63, 3.8) is 0 Å². The molecule has 0 aromatic heterocycles. The van der Waals surface area contributed by atoms with E-state index in [0.717, 1.165) is 13.1 Å². The highest BCUT2D eigenvalue weighted by Crippen LogP contribution is 2.01. The van der Waals surface area contributed by atoms with Gasteiger partial charge in [0.2, 0.25) is 0 Å². The Morgan fingerprint density at radius 3 is 1.15 bits per heavy atom. The molecule has 0 spiro atoms. The van der Waals surface area contributed by atoms with Crippen LogP contribution in [0.4, 0.5) is 0 Å². The minimum absolute atomic E-state index is 0.194. The summed E-state index contributed by atoms with van der Waals surface area (Å²) < 4.78 is 0. The fraction of sp³-hybridized carbons (Fsp3) is 0.875. The van der Waals surface area contributed by atoms with E-state index in [1.165, 1.54) is 0 Å². The van der Waals surface area contributed by atoms with Crippen LogP contribution in [-0.2, 0) is 9.59 Å². The molecule has 0 aromatic carbocycles. The van der Waals surface area contributed by atoms with Crippen LogP contribution < -0.4 is 0 Å². The zero-order valence-corrected chi connectivity index (χ0v) is 14.7. The average molecular weight is 286 g/mol. The summed E-state index contributed by atoms with van der Waals surface area (Å²) in [4.78, 5) is 26.1. The Morgan fingerprint density at radius 2 is 1.00 bits per heavy atom. The van der Waals surface area contributed by atoms with Gasteiger partial charge in [0.15, 0.2) is 0 Å². The van der Waals surface area contributed by atoms with E-state index in [2.05, 4.69) is 0 Å². The highest BCUT2D eigenvalue weighted by Gasteiger charge is 2.11. The zero-order chi connectivity index (χ0) is 16.3. The van der Waals surface area contributed by atoms with E-state index in [-0.39, 0.29) is 11.8 Å². The van der Waals surface area contributed by atoms with Gasteiger partial charge in [0.05, 0.1) is 0 Å². The average Bonchev–Trinajstić information content (AvgIpc) is 2.35. The van der Waals surface area contributed by atoms with Gasteiger partial charge in [0.25, 0.3) is 0 Å². The largest absolute Gasteiger partial charge is 0.309 e. The number of nitrogens with zero attached hydrogens (tertiary/aromatic N) is 2. The minimum Gasteiger partial charge on any atom is -0.309 e. The minimum atomic E-state index is 0.194. The summed E-state index contributed by atoms with van der Waals surface area (Å²) in [6.07, 6.45) is 1.32. The van der Waals surface area contributed by atoms with Crippen LogP contribution in [0.15, 0.2) is 0 Å². The Hall–Kier alpha value is -0.740. The van der Waals surface area contributed by atoms with E-state index in [4.69, 9.17) is 0 Å². The van der Waals surface area contributed by atoms with E-state index in [0.29, 0.717) is 24.4 Å². The molecule has 20 heavy (non-hydrogen) atoms. The fourth-order valence-electron chi connectivity index (χ4n) is 2.00. The van der Waals surface area contributed by atoms with Crippen molar-refractivity contribution >= 4 is 11.6 Å². The second-order valence-electron chi connectivity index (χ2n) is 5.97. The molecule has 4 heteroatoms. The summed E-state index contributed by atoms with van der Waals surface area (Å²) in [5.74, 6) is 1.10. The number of carbonyl (C=O) groups is 2. The highest BCUT2D eigenvalue weighted by atomic mass is 16.1. The molecular weight excluding hydrogens is 252 g/mol. The first-order valence-corrected chi connectivity index (χ1v) is 7.50. The van der Waals surface area contributed by atoms with E-state index in [1.807, 2.05) is 65.7 Å². The lowest BCUT2D eigenvalue weighted by Gasteiger charge is -2.14. The second-order valence-corrected chi connectivity index (χ2v) is 5.97. The molecule has 4 nitrogen and oxygen atoms in total. The molecule has 0 bridgehead atoms. The lowest BCUT2D eigenvalue weighted by atomic mass is 10.0. The molecular formula is C16H34N2O2. The lowest BCUT2D eigenvalue weighted by Crippen LogP contribution is -2.25. The molecule has 0 aliphatic heterocycles. The maximum atomic E-state index is 11.0. The molecule has 0 rings (SSSR count). The first-order chi connectivity index (χ1) is 9.15. The predicted octanol–water partition coefficient (Wildman–Crippen LogP) is 2.33. The van der Waals surface area contributed by atoms with Crippen molar-refractivity contribution in [3.8, 4) is 0 Å². The van der Waals surface area contributed by atoms with Crippen LogP contribution in [0.5, 0.6) is 0 Å². The third-order valence-corrected chi connectivity index (χ3v) is 3.07. The van der Waals surface area contributed by atoms with Gasteiger partial charge in [-0.25, -0.2) is 0 Å². The van der Waals surface area contributed by atoms with Crippen molar-refractivity contribution in [2.45, 2.75) is 40.5 Å². The van der Waals surface area contributed by atoms with Crippen LogP contribution >= 0.6 is 0 Å². The summed E-state index contributed by atoms with van der Waals surface area (Å²) in [7, 11) is 7.94. The number of ketones is 2. The summed E-state index contributed by atoms with van der Waals surface area (Å²) in [6.45, 7) is 9.51. The predicted molar refractivity (Wildman–Crippen MR) is 86.0 cm³/mol. The summed E-state index contributed by atoms with van der Waals surface area (Å²) in [6, 6.07) is 0. The number of hydrogen-bond acceptors (Lipinski definition) is 4.